The maximum absolute atomic E-state index is 11.5. The number of hydrogen-bond acceptors (Lipinski definition) is 6. The zero-order chi connectivity index (χ0) is 14.3. The zero-order valence-corrected chi connectivity index (χ0v) is 11.2. The third-order valence-corrected chi connectivity index (χ3v) is 2.49. The van der Waals surface area contributed by atoms with Gasteiger partial charge in [-0.1, -0.05) is 0 Å². The van der Waals surface area contributed by atoms with Crippen LogP contribution in [0.1, 0.15) is 33.1 Å². The molecule has 19 heavy (non-hydrogen) atoms. The average Bonchev–Trinajstić information content (AvgIpc) is 2.66. The number of nitrogens with zero attached hydrogens (tertiary/aromatic N) is 1. The van der Waals surface area contributed by atoms with E-state index in [4.69, 9.17) is 14.3 Å². The summed E-state index contributed by atoms with van der Waals surface area (Å²) in [6, 6.07) is 0. The number of carbonyl (C=O) groups is 3. The van der Waals surface area contributed by atoms with E-state index in [1.54, 1.807) is 6.92 Å². The van der Waals surface area contributed by atoms with Crippen molar-refractivity contribution in [1.82, 2.24) is 5.06 Å². The van der Waals surface area contributed by atoms with E-state index >= 15 is 0 Å². The predicted molar refractivity (Wildman–Crippen MR) is 63.7 cm³/mol. The van der Waals surface area contributed by atoms with E-state index in [-0.39, 0.29) is 25.4 Å². The summed E-state index contributed by atoms with van der Waals surface area (Å²) in [5.74, 6) is -1.63. The van der Waals surface area contributed by atoms with E-state index in [0.29, 0.717) is 24.9 Å². The largest absolute Gasteiger partial charge is 0.379 e. The van der Waals surface area contributed by atoms with Crippen molar-refractivity contribution in [2.24, 2.45) is 0 Å². The van der Waals surface area contributed by atoms with Gasteiger partial charge in [0.1, 0.15) is 0 Å². The lowest BCUT2D eigenvalue weighted by Crippen LogP contribution is -2.33. The van der Waals surface area contributed by atoms with Crippen molar-refractivity contribution in [3.63, 3.8) is 0 Å². The van der Waals surface area contributed by atoms with Crippen LogP contribution in [0.2, 0.25) is 0 Å². The molecule has 1 fully saturated rings. The fourth-order valence-electron chi connectivity index (χ4n) is 1.54. The molecule has 1 aliphatic heterocycles. The van der Waals surface area contributed by atoms with Gasteiger partial charge in [-0.05, 0) is 13.8 Å². The van der Waals surface area contributed by atoms with Gasteiger partial charge >= 0.3 is 5.97 Å². The minimum absolute atomic E-state index is 0.0246. The van der Waals surface area contributed by atoms with Crippen molar-refractivity contribution < 1.29 is 28.7 Å². The first kappa shape index (κ1) is 15.6. The number of ether oxygens (including phenoxy) is 2. The Labute approximate surface area is 111 Å². The average molecular weight is 273 g/mol. The quantitative estimate of drug-likeness (QED) is 0.471. The Kier molecular flexibility index (Phi) is 6.44. The lowest BCUT2D eigenvalue weighted by molar-refractivity contribution is -0.199. The molecule has 1 aliphatic rings. The van der Waals surface area contributed by atoms with Crippen LogP contribution in [0.3, 0.4) is 0 Å². The van der Waals surface area contributed by atoms with Gasteiger partial charge in [-0.2, -0.15) is 0 Å². The van der Waals surface area contributed by atoms with Crippen molar-refractivity contribution in [3.8, 4) is 0 Å². The number of carbonyl (C=O) groups excluding carboxylic acids is 3. The summed E-state index contributed by atoms with van der Waals surface area (Å²) < 4.78 is 10.4. The van der Waals surface area contributed by atoms with Gasteiger partial charge in [0.2, 0.25) is 0 Å². The summed E-state index contributed by atoms with van der Waals surface area (Å²) in [5.41, 5.74) is 0. The first-order valence-electron chi connectivity index (χ1n) is 6.30. The summed E-state index contributed by atoms with van der Waals surface area (Å²) in [6.45, 7) is 5.04. The first-order valence-corrected chi connectivity index (χ1v) is 6.30. The van der Waals surface area contributed by atoms with Crippen molar-refractivity contribution in [2.45, 2.75) is 39.2 Å². The predicted octanol–water partition coefficient (Wildman–Crippen LogP) is 0.425. The Morgan fingerprint density at radius 3 is 2.47 bits per heavy atom. The molecule has 0 aromatic carbocycles. The fourth-order valence-corrected chi connectivity index (χ4v) is 1.54. The number of amides is 2. The van der Waals surface area contributed by atoms with E-state index in [1.165, 1.54) is 0 Å². The van der Waals surface area contributed by atoms with Crippen LogP contribution >= 0.6 is 0 Å². The molecule has 1 atom stereocenters. The SMILES string of the molecule is CCOCCOC(C)CC(=O)ON1C(=O)CCC1=O. The van der Waals surface area contributed by atoms with Crippen LogP contribution in [0.25, 0.3) is 0 Å². The van der Waals surface area contributed by atoms with Crippen molar-refractivity contribution in [2.75, 3.05) is 19.8 Å². The highest BCUT2D eigenvalue weighted by molar-refractivity contribution is 6.01. The molecule has 1 heterocycles. The Morgan fingerprint density at radius 1 is 1.26 bits per heavy atom. The molecule has 0 N–H and O–H groups in total. The molecular formula is C12H19NO6. The monoisotopic (exact) mass is 273 g/mol. The van der Waals surface area contributed by atoms with Crippen LogP contribution in [-0.2, 0) is 28.7 Å². The van der Waals surface area contributed by atoms with Gasteiger partial charge in [-0.15, -0.1) is 5.06 Å². The van der Waals surface area contributed by atoms with E-state index < -0.39 is 17.8 Å². The normalized spacial score (nSPS) is 16.8. The van der Waals surface area contributed by atoms with Gasteiger partial charge in [0.15, 0.2) is 0 Å². The van der Waals surface area contributed by atoms with Crippen molar-refractivity contribution in [1.29, 1.82) is 0 Å². The summed E-state index contributed by atoms with van der Waals surface area (Å²) in [6.07, 6.45) is -0.205. The molecular weight excluding hydrogens is 254 g/mol. The minimum atomic E-state index is -0.660. The van der Waals surface area contributed by atoms with Gasteiger partial charge in [-0.3, -0.25) is 9.59 Å². The third kappa shape index (κ3) is 5.35. The van der Waals surface area contributed by atoms with E-state index in [0.717, 1.165) is 0 Å². The second-order valence-corrected chi connectivity index (χ2v) is 4.13. The summed E-state index contributed by atoms with van der Waals surface area (Å²) in [4.78, 5) is 38.7. The molecule has 1 saturated heterocycles. The zero-order valence-electron chi connectivity index (χ0n) is 11.2. The van der Waals surface area contributed by atoms with Gasteiger partial charge in [0, 0.05) is 19.4 Å². The molecule has 7 heteroatoms. The molecule has 0 spiro atoms. The van der Waals surface area contributed by atoms with Crippen LogP contribution in [-0.4, -0.2) is 48.8 Å². The molecule has 0 aromatic rings. The standard InChI is InChI=1S/C12H19NO6/c1-3-17-6-7-18-9(2)8-12(16)19-13-10(14)4-5-11(13)15/h9H,3-8H2,1-2H3. The highest BCUT2D eigenvalue weighted by Crippen LogP contribution is 2.13. The molecule has 0 bridgehead atoms. The highest BCUT2D eigenvalue weighted by Gasteiger charge is 2.33. The second-order valence-electron chi connectivity index (χ2n) is 4.13. The molecule has 108 valence electrons. The lowest BCUT2D eigenvalue weighted by atomic mass is 10.3. The topological polar surface area (TPSA) is 82.1 Å². The number of imide groups is 1. The first-order chi connectivity index (χ1) is 9.04. The molecule has 1 rings (SSSR count). The smallest absolute Gasteiger partial charge is 0.335 e. The van der Waals surface area contributed by atoms with Gasteiger partial charge in [-0.25, -0.2) is 4.79 Å². The Morgan fingerprint density at radius 2 is 1.89 bits per heavy atom. The summed E-state index contributed by atoms with van der Waals surface area (Å²) in [7, 11) is 0. The Bertz CT molecular complexity index is 327. The molecule has 7 nitrogen and oxygen atoms in total. The molecule has 0 saturated carbocycles. The maximum Gasteiger partial charge on any atom is 0.335 e. The van der Waals surface area contributed by atoms with E-state index in [9.17, 15) is 14.4 Å². The van der Waals surface area contributed by atoms with Crippen molar-refractivity contribution in [3.05, 3.63) is 0 Å². The van der Waals surface area contributed by atoms with Gasteiger partial charge < -0.3 is 14.3 Å². The molecule has 0 aliphatic carbocycles. The van der Waals surface area contributed by atoms with Gasteiger partial charge in [0.05, 0.1) is 25.7 Å². The van der Waals surface area contributed by atoms with Crippen molar-refractivity contribution >= 4 is 17.8 Å². The molecule has 0 radical (unpaired) electrons. The summed E-state index contributed by atoms with van der Waals surface area (Å²) >= 11 is 0. The van der Waals surface area contributed by atoms with Crippen LogP contribution in [0, 0.1) is 0 Å². The number of rotatable bonds is 8. The van der Waals surface area contributed by atoms with Crippen LogP contribution in [0.15, 0.2) is 0 Å². The Balaban J connectivity index is 2.23. The highest BCUT2D eigenvalue weighted by atomic mass is 16.7. The Hall–Kier alpha value is -1.47. The number of hydrogen-bond donors (Lipinski definition) is 0. The summed E-state index contributed by atoms with van der Waals surface area (Å²) in [5, 5.41) is 0.537. The molecule has 1 unspecified atom stereocenters. The third-order valence-electron chi connectivity index (χ3n) is 2.49. The van der Waals surface area contributed by atoms with Crippen LogP contribution in [0.4, 0.5) is 0 Å². The second kappa shape index (κ2) is 7.85. The van der Waals surface area contributed by atoms with Crippen LogP contribution < -0.4 is 0 Å². The maximum atomic E-state index is 11.5. The minimum Gasteiger partial charge on any atom is -0.379 e. The lowest BCUT2D eigenvalue weighted by Gasteiger charge is -2.15. The fraction of sp³-hybridized carbons (Fsp3) is 0.750. The van der Waals surface area contributed by atoms with E-state index in [1.807, 2.05) is 6.92 Å². The molecule has 0 aromatic heterocycles. The number of hydroxylamine groups is 2. The van der Waals surface area contributed by atoms with E-state index in [2.05, 4.69) is 0 Å². The van der Waals surface area contributed by atoms with Gasteiger partial charge in [0.25, 0.3) is 11.8 Å². The molecule has 2 amide bonds. The van der Waals surface area contributed by atoms with Crippen LogP contribution in [0.5, 0.6) is 0 Å².